The van der Waals surface area contributed by atoms with Gasteiger partial charge in [-0.05, 0) is 52.3 Å². The third kappa shape index (κ3) is 3.03. The average Bonchev–Trinajstić information content (AvgIpc) is 2.40. The zero-order valence-corrected chi connectivity index (χ0v) is 11.1. The third-order valence-corrected chi connectivity index (χ3v) is 2.86. The summed E-state index contributed by atoms with van der Waals surface area (Å²) < 4.78 is 13.3. The van der Waals surface area contributed by atoms with Gasteiger partial charge in [0.1, 0.15) is 10.4 Å². The second kappa shape index (κ2) is 5.71. The molecular formula is C13H8BrFN2O2. The van der Waals surface area contributed by atoms with Crippen molar-refractivity contribution in [1.29, 1.82) is 0 Å². The normalized spacial score (nSPS) is 11.4. The minimum atomic E-state index is -0.499. The van der Waals surface area contributed by atoms with Crippen molar-refractivity contribution in [3.8, 4) is 0 Å². The van der Waals surface area contributed by atoms with Crippen LogP contribution in [0.3, 0.4) is 0 Å². The van der Waals surface area contributed by atoms with Gasteiger partial charge in [0, 0.05) is 17.3 Å². The van der Waals surface area contributed by atoms with Gasteiger partial charge >= 0.3 is 0 Å². The molecule has 0 aliphatic rings. The Balaban J connectivity index is 2.38. The molecule has 1 aromatic heterocycles. The maximum Gasteiger partial charge on any atom is 0.215 e. The smallest absolute Gasteiger partial charge is 0.215 e. The SMILES string of the molecule is O=C(C(=NO)c1ccnc(Br)c1)c1ccc(F)cc1. The summed E-state index contributed by atoms with van der Waals surface area (Å²) in [5.74, 6) is -0.939. The molecule has 0 unspecified atom stereocenters. The Hall–Kier alpha value is -2.08. The Morgan fingerprint density at radius 3 is 2.47 bits per heavy atom. The van der Waals surface area contributed by atoms with E-state index in [2.05, 4.69) is 26.1 Å². The van der Waals surface area contributed by atoms with Crippen molar-refractivity contribution in [2.75, 3.05) is 0 Å². The Morgan fingerprint density at radius 2 is 1.89 bits per heavy atom. The van der Waals surface area contributed by atoms with Gasteiger partial charge in [-0.15, -0.1) is 0 Å². The van der Waals surface area contributed by atoms with Gasteiger partial charge in [0.2, 0.25) is 5.78 Å². The first kappa shape index (κ1) is 13.4. The molecule has 0 saturated heterocycles. The maximum absolute atomic E-state index is 12.8. The Morgan fingerprint density at radius 1 is 1.21 bits per heavy atom. The molecule has 1 aromatic carbocycles. The van der Waals surface area contributed by atoms with Crippen molar-refractivity contribution in [2.24, 2.45) is 5.16 Å². The lowest BCUT2D eigenvalue weighted by Gasteiger charge is -2.04. The van der Waals surface area contributed by atoms with Gasteiger partial charge in [0.25, 0.3) is 0 Å². The molecule has 96 valence electrons. The van der Waals surface area contributed by atoms with Crippen molar-refractivity contribution in [3.05, 3.63) is 64.1 Å². The van der Waals surface area contributed by atoms with Gasteiger partial charge in [0.15, 0.2) is 5.71 Å². The molecule has 2 aromatic rings. The number of oxime groups is 1. The maximum atomic E-state index is 12.8. The quantitative estimate of drug-likeness (QED) is 0.310. The molecule has 0 spiro atoms. The van der Waals surface area contributed by atoms with E-state index in [9.17, 15) is 9.18 Å². The first-order valence-corrected chi connectivity index (χ1v) is 6.05. The number of benzene rings is 1. The van der Waals surface area contributed by atoms with Crippen LogP contribution in [-0.4, -0.2) is 21.7 Å². The zero-order valence-electron chi connectivity index (χ0n) is 9.55. The highest BCUT2D eigenvalue weighted by atomic mass is 79.9. The fourth-order valence-corrected chi connectivity index (χ4v) is 1.89. The minimum Gasteiger partial charge on any atom is -0.410 e. The van der Waals surface area contributed by atoms with Crippen LogP contribution < -0.4 is 0 Å². The van der Waals surface area contributed by atoms with Crippen LogP contribution in [0.4, 0.5) is 4.39 Å². The molecule has 0 fully saturated rings. The number of hydrogen-bond donors (Lipinski definition) is 1. The van der Waals surface area contributed by atoms with Gasteiger partial charge in [-0.1, -0.05) is 5.16 Å². The van der Waals surface area contributed by atoms with Crippen molar-refractivity contribution in [2.45, 2.75) is 0 Å². The summed E-state index contributed by atoms with van der Waals surface area (Å²) in [5.41, 5.74) is 0.524. The monoisotopic (exact) mass is 322 g/mol. The summed E-state index contributed by atoms with van der Waals surface area (Å²) >= 11 is 3.17. The lowest BCUT2D eigenvalue weighted by atomic mass is 10.0. The van der Waals surface area contributed by atoms with Crippen molar-refractivity contribution in [3.63, 3.8) is 0 Å². The summed E-state index contributed by atoms with van der Waals surface area (Å²) in [6, 6.07) is 8.10. The van der Waals surface area contributed by atoms with Gasteiger partial charge in [0.05, 0.1) is 0 Å². The standard InChI is InChI=1S/C13H8BrFN2O2/c14-11-7-9(5-6-16-11)12(17-19)13(18)8-1-3-10(15)4-2-8/h1-7,19H. The van der Waals surface area contributed by atoms with Crippen LogP contribution in [0.5, 0.6) is 0 Å². The molecule has 0 saturated carbocycles. The lowest BCUT2D eigenvalue weighted by Crippen LogP contribution is -2.16. The molecule has 0 aliphatic heterocycles. The van der Waals surface area contributed by atoms with Crippen LogP contribution in [-0.2, 0) is 0 Å². The number of hydrogen-bond acceptors (Lipinski definition) is 4. The Labute approximate surface area is 116 Å². The van der Waals surface area contributed by atoms with E-state index < -0.39 is 11.6 Å². The van der Waals surface area contributed by atoms with Crippen molar-refractivity contribution < 1.29 is 14.4 Å². The summed E-state index contributed by atoms with van der Waals surface area (Å²) in [6.07, 6.45) is 1.47. The van der Waals surface area contributed by atoms with Crippen molar-refractivity contribution in [1.82, 2.24) is 4.98 Å². The van der Waals surface area contributed by atoms with E-state index in [1.54, 1.807) is 12.1 Å². The van der Waals surface area contributed by atoms with E-state index in [1.165, 1.54) is 30.5 Å². The third-order valence-electron chi connectivity index (χ3n) is 2.42. The highest BCUT2D eigenvalue weighted by Gasteiger charge is 2.17. The number of ketones is 1. The van der Waals surface area contributed by atoms with Crippen molar-refractivity contribution >= 4 is 27.4 Å². The van der Waals surface area contributed by atoms with Gasteiger partial charge < -0.3 is 5.21 Å². The molecule has 0 radical (unpaired) electrons. The Bertz CT molecular complexity index is 641. The topological polar surface area (TPSA) is 62.5 Å². The van der Waals surface area contributed by atoms with Crippen LogP contribution in [0.15, 0.2) is 52.4 Å². The predicted octanol–water partition coefficient (Wildman–Crippen LogP) is 3.04. The predicted molar refractivity (Wildman–Crippen MR) is 71.0 cm³/mol. The lowest BCUT2D eigenvalue weighted by molar-refractivity contribution is 0.106. The van der Waals surface area contributed by atoms with Crippen LogP contribution in [0.25, 0.3) is 0 Å². The van der Waals surface area contributed by atoms with Crippen LogP contribution in [0.2, 0.25) is 0 Å². The Kier molecular flexibility index (Phi) is 4.01. The average molecular weight is 323 g/mol. The second-order valence-corrected chi connectivity index (χ2v) is 4.46. The summed E-state index contributed by atoms with van der Waals surface area (Å²) in [6.45, 7) is 0. The number of carbonyl (C=O) groups is 1. The highest BCUT2D eigenvalue weighted by molar-refractivity contribution is 9.10. The summed E-state index contributed by atoms with van der Waals surface area (Å²) in [4.78, 5) is 16.1. The van der Waals surface area contributed by atoms with Gasteiger partial charge in [-0.2, -0.15) is 0 Å². The highest BCUT2D eigenvalue weighted by Crippen LogP contribution is 2.13. The molecule has 0 aliphatic carbocycles. The van der Waals surface area contributed by atoms with E-state index in [-0.39, 0.29) is 11.3 Å². The molecule has 6 heteroatoms. The summed E-state index contributed by atoms with van der Waals surface area (Å²) in [5, 5.41) is 12.0. The molecule has 0 atom stereocenters. The van der Waals surface area contributed by atoms with Gasteiger partial charge in [-0.3, -0.25) is 4.79 Å². The number of halogens is 2. The van der Waals surface area contributed by atoms with E-state index in [0.717, 1.165) is 0 Å². The number of rotatable bonds is 3. The molecule has 19 heavy (non-hydrogen) atoms. The van der Waals surface area contributed by atoms with E-state index >= 15 is 0 Å². The van der Waals surface area contributed by atoms with E-state index in [0.29, 0.717) is 10.2 Å². The molecule has 1 heterocycles. The molecule has 0 amide bonds. The van der Waals surface area contributed by atoms with Crippen LogP contribution >= 0.6 is 15.9 Å². The zero-order chi connectivity index (χ0) is 13.8. The van der Waals surface area contributed by atoms with Crippen LogP contribution in [0, 0.1) is 5.82 Å². The molecule has 2 rings (SSSR count). The first-order valence-electron chi connectivity index (χ1n) is 5.26. The first-order chi connectivity index (χ1) is 9.11. The number of pyridine rings is 1. The second-order valence-electron chi connectivity index (χ2n) is 3.65. The van der Waals surface area contributed by atoms with E-state index in [4.69, 9.17) is 5.21 Å². The fourth-order valence-electron chi connectivity index (χ4n) is 1.52. The number of aromatic nitrogens is 1. The molecular weight excluding hydrogens is 315 g/mol. The van der Waals surface area contributed by atoms with E-state index in [1.807, 2.05) is 0 Å². The fraction of sp³-hybridized carbons (Fsp3) is 0. The largest absolute Gasteiger partial charge is 0.410 e. The number of Topliss-reactive ketones (excluding diaryl/α,β-unsaturated/α-hetero) is 1. The molecule has 0 bridgehead atoms. The summed E-state index contributed by atoms with van der Waals surface area (Å²) in [7, 11) is 0. The number of carbonyl (C=O) groups excluding carboxylic acids is 1. The molecule has 1 N–H and O–H groups in total. The van der Waals surface area contributed by atoms with Crippen LogP contribution in [0.1, 0.15) is 15.9 Å². The van der Waals surface area contributed by atoms with Gasteiger partial charge in [-0.25, -0.2) is 9.37 Å². The minimum absolute atomic E-state index is 0.130. The molecule has 4 nitrogen and oxygen atoms in total. The number of nitrogens with zero attached hydrogens (tertiary/aromatic N) is 2.